The highest BCUT2D eigenvalue weighted by molar-refractivity contribution is 6.28. The number of hydrogen-bond acceptors (Lipinski definition) is 1. The number of furan rings is 1. The Hall–Kier alpha value is -5.28. The number of fused-ring (bicyclic) bond motifs is 11. The largest absolute Gasteiger partial charge is 0.455 e. The monoisotopic (exact) mass is 526 g/mol. The summed E-state index contributed by atoms with van der Waals surface area (Å²) < 4.78 is 11.7. The van der Waals surface area contributed by atoms with Gasteiger partial charge in [0, 0.05) is 32.9 Å². The number of benzene rings is 6. The molecule has 0 aliphatic carbocycles. The Labute approximate surface area is 236 Å². The van der Waals surface area contributed by atoms with Crippen LogP contribution in [0.5, 0.6) is 0 Å². The van der Waals surface area contributed by atoms with Crippen molar-refractivity contribution in [3.05, 3.63) is 132 Å². The number of nitrogens with zero attached hydrogens (tertiary/aromatic N) is 2. The lowest BCUT2D eigenvalue weighted by molar-refractivity contribution is 0.677. The van der Waals surface area contributed by atoms with Gasteiger partial charge in [0.25, 0.3) is 0 Å². The van der Waals surface area contributed by atoms with Crippen molar-refractivity contribution in [2.75, 3.05) is 0 Å². The van der Waals surface area contributed by atoms with E-state index in [1.165, 1.54) is 32.9 Å². The van der Waals surface area contributed by atoms with E-state index in [1.807, 2.05) is 0 Å². The summed E-state index contributed by atoms with van der Waals surface area (Å²) in [5.74, 6) is 0. The lowest BCUT2D eigenvalue weighted by Crippen LogP contribution is -1.93. The van der Waals surface area contributed by atoms with Crippen molar-refractivity contribution < 1.29 is 4.42 Å². The number of para-hydroxylation sites is 2. The maximum Gasteiger partial charge on any atom is 0.145 e. The van der Waals surface area contributed by atoms with Crippen LogP contribution in [0, 0.1) is 13.8 Å². The molecule has 0 saturated carbocycles. The first-order chi connectivity index (χ1) is 20.2. The predicted molar refractivity (Wildman–Crippen MR) is 172 cm³/mol. The van der Waals surface area contributed by atoms with Gasteiger partial charge in [-0.25, -0.2) is 0 Å². The van der Waals surface area contributed by atoms with Crippen LogP contribution in [0.3, 0.4) is 0 Å². The molecule has 0 aliphatic heterocycles. The molecule has 3 aromatic heterocycles. The molecule has 0 radical (unpaired) electrons. The van der Waals surface area contributed by atoms with Gasteiger partial charge in [-0.15, -0.1) is 0 Å². The fraction of sp³-hybridized carbons (Fsp3) is 0.0526. The summed E-state index contributed by atoms with van der Waals surface area (Å²) >= 11 is 0. The van der Waals surface area contributed by atoms with Gasteiger partial charge in [-0.3, -0.25) is 0 Å². The molecule has 194 valence electrons. The second kappa shape index (κ2) is 8.12. The topological polar surface area (TPSA) is 23.0 Å². The van der Waals surface area contributed by atoms with Crippen molar-refractivity contribution in [1.82, 2.24) is 9.13 Å². The van der Waals surface area contributed by atoms with E-state index >= 15 is 0 Å². The van der Waals surface area contributed by atoms with Gasteiger partial charge in [-0.05, 0) is 85.6 Å². The molecule has 41 heavy (non-hydrogen) atoms. The fourth-order valence-corrected chi connectivity index (χ4v) is 6.89. The first-order valence-corrected chi connectivity index (χ1v) is 14.1. The Morgan fingerprint density at radius 3 is 1.34 bits per heavy atom. The van der Waals surface area contributed by atoms with Crippen LogP contribution in [-0.4, -0.2) is 9.13 Å². The molecule has 9 rings (SSSR count). The van der Waals surface area contributed by atoms with Gasteiger partial charge in [-0.1, -0.05) is 60.7 Å². The number of aromatic nitrogens is 2. The minimum Gasteiger partial charge on any atom is -0.455 e. The second-order valence-electron chi connectivity index (χ2n) is 11.2. The first-order valence-electron chi connectivity index (χ1n) is 14.1. The van der Waals surface area contributed by atoms with E-state index in [2.05, 4.69) is 144 Å². The van der Waals surface area contributed by atoms with E-state index in [9.17, 15) is 0 Å². The molecule has 3 heteroatoms. The zero-order valence-corrected chi connectivity index (χ0v) is 22.8. The van der Waals surface area contributed by atoms with Crippen molar-refractivity contribution in [1.29, 1.82) is 0 Å². The van der Waals surface area contributed by atoms with Gasteiger partial charge in [-0.2, -0.15) is 0 Å². The van der Waals surface area contributed by atoms with Crippen LogP contribution < -0.4 is 0 Å². The molecule has 0 fully saturated rings. The van der Waals surface area contributed by atoms with E-state index in [1.54, 1.807) is 0 Å². The third-order valence-corrected chi connectivity index (χ3v) is 8.60. The van der Waals surface area contributed by atoms with Crippen molar-refractivity contribution >= 4 is 65.6 Å². The highest BCUT2D eigenvalue weighted by Gasteiger charge is 2.22. The second-order valence-corrected chi connectivity index (χ2v) is 11.2. The van der Waals surface area contributed by atoms with Crippen LogP contribution in [0.1, 0.15) is 11.1 Å². The van der Waals surface area contributed by atoms with Gasteiger partial charge in [0.05, 0.1) is 32.8 Å². The predicted octanol–water partition coefficient (Wildman–Crippen LogP) is 10.4. The van der Waals surface area contributed by atoms with Crippen LogP contribution in [0.4, 0.5) is 0 Å². The van der Waals surface area contributed by atoms with E-state index in [4.69, 9.17) is 4.42 Å². The zero-order chi connectivity index (χ0) is 27.2. The molecule has 0 unspecified atom stereocenters. The third-order valence-electron chi connectivity index (χ3n) is 8.60. The third kappa shape index (κ3) is 3.03. The Kier molecular flexibility index (Phi) is 4.46. The maximum absolute atomic E-state index is 7.01. The summed E-state index contributed by atoms with van der Waals surface area (Å²) in [6, 6.07) is 43.7. The molecule has 0 bridgehead atoms. The first kappa shape index (κ1) is 22.5. The van der Waals surface area contributed by atoms with Crippen molar-refractivity contribution in [3.8, 4) is 11.4 Å². The smallest absolute Gasteiger partial charge is 0.145 e. The molecule has 6 aromatic carbocycles. The lowest BCUT2D eigenvalue weighted by Gasteiger charge is -2.08. The molecular formula is C38H26N2O. The highest BCUT2D eigenvalue weighted by Crippen LogP contribution is 2.44. The molecular weight excluding hydrogens is 500 g/mol. The number of aryl methyl sites for hydroxylation is 2. The van der Waals surface area contributed by atoms with Crippen LogP contribution in [-0.2, 0) is 0 Å². The molecule has 0 saturated heterocycles. The SMILES string of the molecule is Cc1cccc(-n2c3ccccc3c3c4oc5c(ccc6c5c5ccccc5n6-c5cccc(C)c5)c4ccc32)c1. The number of hydrogen-bond donors (Lipinski definition) is 0. The molecule has 9 aromatic rings. The molecule has 0 atom stereocenters. The summed E-state index contributed by atoms with van der Waals surface area (Å²) in [6.45, 7) is 4.29. The highest BCUT2D eigenvalue weighted by atomic mass is 16.3. The molecule has 3 heterocycles. The van der Waals surface area contributed by atoms with Gasteiger partial charge < -0.3 is 13.6 Å². The molecule has 0 aliphatic rings. The molecule has 0 amide bonds. The van der Waals surface area contributed by atoms with Crippen molar-refractivity contribution in [2.24, 2.45) is 0 Å². The Balaban J connectivity index is 1.45. The minimum atomic E-state index is 0.944. The fourth-order valence-electron chi connectivity index (χ4n) is 6.89. The number of rotatable bonds is 2. The summed E-state index contributed by atoms with van der Waals surface area (Å²) in [6.07, 6.45) is 0. The van der Waals surface area contributed by atoms with Gasteiger partial charge in [0.15, 0.2) is 0 Å². The summed E-state index contributed by atoms with van der Waals surface area (Å²) in [4.78, 5) is 0. The standard InChI is InChI=1S/C38H26N2O/c1-23-9-7-11-25(21-23)39-31-15-5-3-13-29(31)35-33(39)19-17-27-28-18-20-34-36(38(28)41-37(27)35)30-14-4-6-16-32(30)40(34)26-12-8-10-24(2)22-26/h3-22H,1-2H3. The normalized spacial score (nSPS) is 12.1. The van der Waals surface area contributed by atoms with Crippen LogP contribution >= 0.6 is 0 Å². The van der Waals surface area contributed by atoms with Crippen LogP contribution in [0.2, 0.25) is 0 Å². The molecule has 3 nitrogen and oxygen atoms in total. The summed E-state index contributed by atoms with van der Waals surface area (Å²) in [7, 11) is 0. The van der Waals surface area contributed by atoms with E-state index in [-0.39, 0.29) is 0 Å². The Morgan fingerprint density at radius 2 is 0.878 bits per heavy atom. The average Bonchev–Trinajstić information content (AvgIpc) is 3.64. The van der Waals surface area contributed by atoms with E-state index < -0.39 is 0 Å². The van der Waals surface area contributed by atoms with Gasteiger partial charge in [0.1, 0.15) is 11.2 Å². The van der Waals surface area contributed by atoms with Crippen molar-refractivity contribution in [3.63, 3.8) is 0 Å². The van der Waals surface area contributed by atoms with E-state index in [0.717, 1.165) is 55.1 Å². The van der Waals surface area contributed by atoms with Crippen LogP contribution in [0.15, 0.2) is 126 Å². The summed E-state index contributed by atoms with van der Waals surface area (Å²) in [5, 5.41) is 7.01. The lowest BCUT2D eigenvalue weighted by atomic mass is 10.1. The zero-order valence-electron chi connectivity index (χ0n) is 22.8. The Morgan fingerprint density at radius 1 is 0.415 bits per heavy atom. The van der Waals surface area contributed by atoms with Gasteiger partial charge in [0.2, 0.25) is 0 Å². The van der Waals surface area contributed by atoms with Crippen LogP contribution in [0.25, 0.3) is 76.9 Å². The molecule has 0 spiro atoms. The quantitative estimate of drug-likeness (QED) is 0.220. The molecule has 0 N–H and O–H groups in total. The van der Waals surface area contributed by atoms with Crippen molar-refractivity contribution in [2.45, 2.75) is 13.8 Å². The summed E-state index contributed by atoms with van der Waals surface area (Å²) in [5.41, 5.74) is 11.4. The maximum atomic E-state index is 7.01. The average molecular weight is 527 g/mol. The Bertz CT molecular complexity index is 2330. The van der Waals surface area contributed by atoms with Gasteiger partial charge >= 0.3 is 0 Å². The minimum absolute atomic E-state index is 0.944. The van der Waals surface area contributed by atoms with E-state index in [0.29, 0.717) is 0 Å².